The molecule has 8 nitrogen and oxygen atoms in total. The maximum atomic E-state index is 6.52. The van der Waals surface area contributed by atoms with Crippen molar-refractivity contribution in [3.05, 3.63) is 194 Å². The lowest BCUT2D eigenvalue weighted by molar-refractivity contribution is 0.669. The maximum Gasteiger partial charge on any atom is 0.164 e. The average molecular weight is 797 g/mol. The summed E-state index contributed by atoms with van der Waals surface area (Å²) in [6, 6.07) is 64.8. The molecule has 8 aromatic carbocycles. The highest BCUT2D eigenvalue weighted by Gasteiger charge is 2.21. The third kappa shape index (κ3) is 6.17. The van der Waals surface area contributed by atoms with Gasteiger partial charge in [0, 0.05) is 54.9 Å². The zero-order valence-electron chi connectivity index (χ0n) is 33.0. The predicted molar refractivity (Wildman–Crippen MR) is 246 cm³/mol. The summed E-state index contributed by atoms with van der Waals surface area (Å²) in [5.74, 6) is 3.56. The number of fused-ring (bicyclic) bond motifs is 6. The largest absolute Gasteiger partial charge is 0.456 e. The Labute approximate surface area is 354 Å². The molecule has 0 radical (unpaired) electrons. The van der Waals surface area contributed by atoms with E-state index in [1.165, 1.54) is 0 Å². The van der Waals surface area contributed by atoms with Crippen molar-refractivity contribution in [1.29, 1.82) is 0 Å². The monoisotopic (exact) mass is 796 g/mol. The third-order valence-corrected chi connectivity index (χ3v) is 11.2. The first kappa shape index (κ1) is 35.3. The van der Waals surface area contributed by atoms with Crippen LogP contribution in [0.4, 0.5) is 0 Å². The SMILES string of the molecule is c1ccc(-c2nc(-c3ccccc3)nc(-c3ccc4oc5cccc(-c6ccc7oc8cccc(-c9nc(-c%10ccccc%10)nc(-c%10ccccc%10)n9)c8c7c6)c5c4c3)n2)cc1. The first-order valence-electron chi connectivity index (χ1n) is 20.4. The summed E-state index contributed by atoms with van der Waals surface area (Å²) in [4.78, 5) is 30.0. The van der Waals surface area contributed by atoms with Crippen molar-refractivity contribution in [3.8, 4) is 79.5 Å². The molecular weight excluding hydrogens is 765 g/mol. The number of aromatic nitrogens is 6. The summed E-state index contributed by atoms with van der Waals surface area (Å²) in [5.41, 5.74) is 10.5. The molecule has 0 spiro atoms. The van der Waals surface area contributed by atoms with Gasteiger partial charge in [0.15, 0.2) is 34.9 Å². The van der Waals surface area contributed by atoms with E-state index in [9.17, 15) is 0 Å². The Hall–Kier alpha value is -8.62. The molecule has 62 heavy (non-hydrogen) atoms. The van der Waals surface area contributed by atoms with E-state index in [-0.39, 0.29) is 0 Å². The van der Waals surface area contributed by atoms with E-state index >= 15 is 0 Å². The van der Waals surface area contributed by atoms with Crippen LogP contribution in [-0.2, 0) is 0 Å². The molecule has 0 fully saturated rings. The lowest BCUT2D eigenvalue weighted by atomic mass is 9.96. The topological polar surface area (TPSA) is 104 Å². The predicted octanol–water partition coefficient (Wildman–Crippen LogP) is 13.5. The Bertz CT molecular complexity index is 3510. The van der Waals surface area contributed by atoms with Gasteiger partial charge in [-0.05, 0) is 53.6 Å². The summed E-state index contributed by atoms with van der Waals surface area (Å²) < 4.78 is 13.0. The van der Waals surface area contributed by atoms with Crippen LogP contribution in [0, 0.1) is 0 Å². The van der Waals surface area contributed by atoms with Gasteiger partial charge in [0.25, 0.3) is 0 Å². The van der Waals surface area contributed by atoms with Gasteiger partial charge in [-0.3, -0.25) is 0 Å². The van der Waals surface area contributed by atoms with Crippen molar-refractivity contribution in [2.45, 2.75) is 0 Å². The number of furan rings is 2. The standard InChI is InChI=1S/C54H32N6O2/c1-5-15-33(16-6-1)49-55-50(34-17-7-2-8-18-34)58-53(57-49)38-28-30-44-42(32-38)47-39(23-13-25-45(47)61-44)37-27-29-43-41(31-37)48-40(24-14-26-46(48)62-43)54-59-51(35-19-9-3-10-20-35)56-52(60-54)36-21-11-4-12-22-36/h1-32H. The van der Waals surface area contributed by atoms with E-state index in [4.69, 9.17) is 38.7 Å². The summed E-state index contributed by atoms with van der Waals surface area (Å²) >= 11 is 0. The summed E-state index contributed by atoms with van der Waals surface area (Å²) in [5, 5.41) is 3.84. The zero-order valence-corrected chi connectivity index (χ0v) is 33.0. The van der Waals surface area contributed by atoms with Gasteiger partial charge in [-0.1, -0.05) is 152 Å². The van der Waals surface area contributed by atoms with Crippen LogP contribution in [0.1, 0.15) is 0 Å². The van der Waals surface area contributed by atoms with Crippen LogP contribution >= 0.6 is 0 Å². The van der Waals surface area contributed by atoms with Gasteiger partial charge in [0.2, 0.25) is 0 Å². The van der Waals surface area contributed by atoms with E-state index in [0.717, 1.165) is 88.4 Å². The molecule has 0 N–H and O–H groups in total. The molecule has 0 aliphatic carbocycles. The van der Waals surface area contributed by atoms with E-state index in [0.29, 0.717) is 34.9 Å². The molecule has 0 aliphatic heterocycles. The normalized spacial score (nSPS) is 11.5. The Morgan fingerprint density at radius 3 is 1.05 bits per heavy atom. The Balaban J connectivity index is 1.02. The highest BCUT2D eigenvalue weighted by Crippen LogP contribution is 2.42. The molecule has 12 aromatic rings. The van der Waals surface area contributed by atoms with Gasteiger partial charge in [-0.2, -0.15) is 0 Å². The van der Waals surface area contributed by atoms with Crippen molar-refractivity contribution in [3.63, 3.8) is 0 Å². The first-order valence-corrected chi connectivity index (χ1v) is 20.4. The van der Waals surface area contributed by atoms with Gasteiger partial charge in [0.1, 0.15) is 22.3 Å². The second-order valence-electron chi connectivity index (χ2n) is 15.1. The van der Waals surface area contributed by atoms with E-state index < -0.39 is 0 Å². The molecule has 0 amide bonds. The van der Waals surface area contributed by atoms with E-state index in [2.05, 4.69) is 30.3 Å². The third-order valence-electron chi connectivity index (χ3n) is 11.2. The van der Waals surface area contributed by atoms with Crippen LogP contribution in [0.3, 0.4) is 0 Å². The highest BCUT2D eigenvalue weighted by molar-refractivity contribution is 6.16. The minimum atomic E-state index is 0.566. The molecule has 0 bridgehead atoms. The second kappa shape index (κ2) is 14.6. The van der Waals surface area contributed by atoms with Crippen LogP contribution in [-0.4, -0.2) is 29.9 Å². The number of hydrogen-bond donors (Lipinski definition) is 0. The molecule has 290 valence electrons. The number of hydrogen-bond acceptors (Lipinski definition) is 8. The summed E-state index contributed by atoms with van der Waals surface area (Å²) in [7, 11) is 0. The quantitative estimate of drug-likeness (QED) is 0.157. The molecule has 8 heteroatoms. The van der Waals surface area contributed by atoms with Crippen LogP contribution in [0.2, 0.25) is 0 Å². The minimum absolute atomic E-state index is 0.566. The Morgan fingerprint density at radius 2 is 0.597 bits per heavy atom. The first-order chi connectivity index (χ1) is 30.7. The van der Waals surface area contributed by atoms with Gasteiger partial charge in [-0.15, -0.1) is 0 Å². The Morgan fingerprint density at radius 1 is 0.242 bits per heavy atom. The van der Waals surface area contributed by atoms with Crippen molar-refractivity contribution in [2.24, 2.45) is 0 Å². The number of rotatable bonds is 7. The smallest absolute Gasteiger partial charge is 0.164 e. The van der Waals surface area contributed by atoms with Crippen LogP contribution in [0.25, 0.3) is 123 Å². The minimum Gasteiger partial charge on any atom is -0.456 e. The second-order valence-corrected chi connectivity index (χ2v) is 15.1. The van der Waals surface area contributed by atoms with Gasteiger partial charge in [0.05, 0.1) is 0 Å². The molecule has 12 rings (SSSR count). The molecule has 0 atom stereocenters. The molecule has 4 aromatic heterocycles. The molecule has 0 aliphatic rings. The van der Waals surface area contributed by atoms with E-state index in [1.807, 2.05) is 164 Å². The molecule has 0 saturated carbocycles. The van der Waals surface area contributed by atoms with Crippen molar-refractivity contribution < 1.29 is 8.83 Å². The molecule has 0 saturated heterocycles. The lowest BCUT2D eigenvalue weighted by Gasteiger charge is -2.09. The van der Waals surface area contributed by atoms with Gasteiger partial charge >= 0.3 is 0 Å². The zero-order chi connectivity index (χ0) is 41.0. The van der Waals surface area contributed by atoms with Crippen LogP contribution in [0.15, 0.2) is 203 Å². The fourth-order valence-corrected chi connectivity index (χ4v) is 8.25. The van der Waals surface area contributed by atoms with E-state index in [1.54, 1.807) is 0 Å². The fourth-order valence-electron chi connectivity index (χ4n) is 8.25. The maximum absolute atomic E-state index is 6.52. The number of nitrogens with zero attached hydrogens (tertiary/aromatic N) is 6. The van der Waals surface area contributed by atoms with Crippen LogP contribution < -0.4 is 0 Å². The van der Waals surface area contributed by atoms with Crippen molar-refractivity contribution >= 4 is 43.9 Å². The number of benzene rings is 8. The van der Waals surface area contributed by atoms with Gasteiger partial charge in [-0.25, -0.2) is 29.9 Å². The van der Waals surface area contributed by atoms with Crippen LogP contribution in [0.5, 0.6) is 0 Å². The lowest BCUT2D eigenvalue weighted by Crippen LogP contribution is -2.00. The van der Waals surface area contributed by atoms with Crippen molar-refractivity contribution in [1.82, 2.24) is 29.9 Å². The molecule has 0 unspecified atom stereocenters. The molecular formula is C54H32N6O2. The Kier molecular flexibility index (Phi) is 8.31. The molecule has 4 heterocycles. The highest BCUT2D eigenvalue weighted by atomic mass is 16.3. The average Bonchev–Trinajstić information content (AvgIpc) is 3.93. The summed E-state index contributed by atoms with van der Waals surface area (Å²) in [6.07, 6.45) is 0. The summed E-state index contributed by atoms with van der Waals surface area (Å²) in [6.45, 7) is 0. The fraction of sp³-hybridized carbons (Fsp3) is 0. The van der Waals surface area contributed by atoms with Gasteiger partial charge < -0.3 is 8.83 Å². The van der Waals surface area contributed by atoms with Crippen molar-refractivity contribution in [2.75, 3.05) is 0 Å².